The van der Waals surface area contributed by atoms with Gasteiger partial charge in [-0.1, -0.05) is 17.7 Å². The summed E-state index contributed by atoms with van der Waals surface area (Å²) in [5.74, 6) is -0.498. The molecule has 0 heterocycles. The third kappa shape index (κ3) is 4.20. The van der Waals surface area contributed by atoms with Crippen molar-refractivity contribution < 1.29 is 13.9 Å². The fourth-order valence-electron chi connectivity index (χ4n) is 1.59. The maximum atomic E-state index is 13.0. The highest BCUT2D eigenvalue weighted by Gasteiger charge is 2.06. The largest absolute Gasteiger partial charge is 0.484 e. The zero-order chi connectivity index (χ0) is 15.2. The Morgan fingerprint density at radius 1 is 1.33 bits per heavy atom. The molecule has 21 heavy (non-hydrogen) atoms. The number of anilines is 1. The van der Waals surface area contributed by atoms with Crippen LogP contribution in [0.3, 0.4) is 0 Å². The van der Waals surface area contributed by atoms with Gasteiger partial charge in [-0.2, -0.15) is 5.26 Å². The highest BCUT2D eigenvalue weighted by Crippen LogP contribution is 2.21. The van der Waals surface area contributed by atoms with E-state index in [2.05, 4.69) is 5.32 Å². The molecule has 1 amide bonds. The molecule has 6 heteroatoms. The number of halogens is 2. The third-order valence-corrected chi connectivity index (χ3v) is 2.85. The van der Waals surface area contributed by atoms with E-state index >= 15 is 0 Å². The summed E-state index contributed by atoms with van der Waals surface area (Å²) >= 11 is 5.85. The van der Waals surface area contributed by atoms with E-state index in [0.717, 1.165) is 0 Å². The van der Waals surface area contributed by atoms with Crippen LogP contribution in [-0.2, 0) is 4.79 Å². The summed E-state index contributed by atoms with van der Waals surface area (Å²) in [5.41, 5.74) is 0.676. The predicted molar refractivity (Wildman–Crippen MR) is 76.7 cm³/mol. The summed E-state index contributed by atoms with van der Waals surface area (Å²) in [5, 5.41) is 11.5. The van der Waals surface area contributed by atoms with Gasteiger partial charge in [0.05, 0.1) is 10.6 Å². The molecule has 2 rings (SSSR count). The monoisotopic (exact) mass is 304 g/mol. The summed E-state index contributed by atoms with van der Waals surface area (Å²) in [4.78, 5) is 11.7. The van der Waals surface area contributed by atoms with E-state index in [0.29, 0.717) is 17.0 Å². The van der Waals surface area contributed by atoms with Crippen LogP contribution in [0.4, 0.5) is 10.1 Å². The SMILES string of the molecule is N#Cc1ccc(OCC(=O)Nc2cccc(F)c2)cc1Cl. The molecule has 2 aromatic rings. The molecule has 0 saturated heterocycles. The fourth-order valence-corrected chi connectivity index (χ4v) is 1.80. The van der Waals surface area contributed by atoms with Crippen LogP contribution in [0, 0.1) is 17.1 Å². The van der Waals surface area contributed by atoms with Crippen molar-refractivity contribution in [3.8, 4) is 11.8 Å². The zero-order valence-electron chi connectivity index (χ0n) is 10.8. The number of nitrogens with one attached hydrogen (secondary N) is 1. The van der Waals surface area contributed by atoms with Crippen LogP contribution in [-0.4, -0.2) is 12.5 Å². The van der Waals surface area contributed by atoms with E-state index in [9.17, 15) is 9.18 Å². The number of ether oxygens (including phenoxy) is 1. The van der Waals surface area contributed by atoms with Gasteiger partial charge >= 0.3 is 0 Å². The molecule has 4 nitrogen and oxygen atoms in total. The lowest BCUT2D eigenvalue weighted by Gasteiger charge is -2.08. The fraction of sp³-hybridized carbons (Fsp3) is 0.0667. The van der Waals surface area contributed by atoms with Gasteiger partial charge in [0.25, 0.3) is 5.91 Å². The molecule has 0 atom stereocenters. The Morgan fingerprint density at radius 3 is 2.81 bits per heavy atom. The number of nitrogens with zero attached hydrogens (tertiary/aromatic N) is 1. The van der Waals surface area contributed by atoms with Crippen LogP contribution < -0.4 is 10.1 Å². The first-order chi connectivity index (χ1) is 10.1. The molecule has 0 bridgehead atoms. The molecular weight excluding hydrogens is 295 g/mol. The number of hydrogen-bond donors (Lipinski definition) is 1. The van der Waals surface area contributed by atoms with Gasteiger partial charge in [0.1, 0.15) is 17.6 Å². The van der Waals surface area contributed by atoms with Gasteiger partial charge in [-0.15, -0.1) is 0 Å². The van der Waals surface area contributed by atoms with Gasteiger partial charge in [-0.3, -0.25) is 4.79 Å². The molecule has 0 fully saturated rings. The average Bonchev–Trinajstić information content (AvgIpc) is 2.45. The summed E-state index contributed by atoms with van der Waals surface area (Å²) in [6, 6.07) is 12.0. The number of rotatable bonds is 4. The Bertz CT molecular complexity index is 713. The highest BCUT2D eigenvalue weighted by atomic mass is 35.5. The van der Waals surface area contributed by atoms with Crippen molar-refractivity contribution in [3.63, 3.8) is 0 Å². The molecule has 0 radical (unpaired) electrons. The second-order valence-electron chi connectivity index (χ2n) is 4.10. The molecule has 0 aliphatic carbocycles. The molecule has 0 spiro atoms. The van der Waals surface area contributed by atoms with Crippen LogP contribution in [0.1, 0.15) is 5.56 Å². The summed E-state index contributed by atoms with van der Waals surface area (Å²) < 4.78 is 18.2. The predicted octanol–water partition coefficient (Wildman–Crippen LogP) is 3.37. The van der Waals surface area contributed by atoms with Gasteiger partial charge in [-0.05, 0) is 30.3 Å². The molecule has 0 aliphatic heterocycles. The van der Waals surface area contributed by atoms with E-state index in [4.69, 9.17) is 21.6 Å². The normalized spacial score (nSPS) is 9.76. The number of benzene rings is 2. The smallest absolute Gasteiger partial charge is 0.262 e. The molecule has 106 valence electrons. The van der Waals surface area contributed by atoms with Crippen LogP contribution in [0.15, 0.2) is 42.5 Å². The Hall–Kier alpha value is -2.58. The minimum Gasteiger partial charge on any atom is -0.484 e. The molecule has 1 N–H and O–H groups in total. The van der Waals surface area contributed by atoms with E-state index in [-0.39, 0.29) is 11.6 Å². The lowest BCUT2D eigenvalue weighted by atomic mass is 10.2. The van der Waals surface area contributed by atoms with Crippen molar-refractivity contribution in [2.75, 3.05) is 11.9 Å². The number of hydrogen-bond acceptors (Lipinski definition) is 3. The second kappa shape index (κ2) is 6.73. The van der Waals surface area contributed by atoms with Crippen molar-refractivity contribution in [2.45, 2.75) is 0 Å². The average molecular weight is 305 g/mol. The van der Waals surface area contributed by atoms with E-state index in [1.807, 2.05) is 6.07 Å². The molecule has 0 unspecified atom stereocenters. The van der Waals surface area contributed by atoms with Crippen LogP contribution in [0.2, 0.25) is 5.02 Å². The number of carbonyl (C=O) groups is 1. The van der Waals surface area contributed by atoms with Gasteiger partial charge in [0.2, 0.25) is 0 Å². The van der Waals surface area contributed by atoms with Crippen LogP contribution in [0.5, 0.6) is 5.75 Å². The minimum atomic E-state index is -0.437. The maximum Gasteiger partial charge on any atom is 0.262 e. The van der Waals surface area contributed by atoms with Crippen molar-refractivity contribution in [3.05, 3.63) is 58.9 Å². The Kier molecular flexibility index (Phi) is 4.75. The first-order valence-electron chi connectivity index (χ1n) is 5.96. The van der Waals surface area contributed by atoms with Gasteiger partial charge in [0, 0.05) is 11.8 Å². The van der Waals surface area contributed by atoms with Crippen LogP contribution in [0.25, 0.3) is 0 Å². The Balaban J connectivity index is 1.92. The second-order valence-corrected chi connectivity index (χ2v) is 4.51. The summed E-state index contributed by atoms with van der Waals surface area (Å²) in [6.45, 7) is -0.251. The standard InChI is InChI=1S/C15H10ClFN2O2/c16-14-7-13(5-4-10(14)8-18)21-9-15(20)19-12-3-1-2-11(17)6-12/h1-7H,9H2,(H,19,20). The molecular formula is C15H10ClFN2O2. The van der Waals surface area contributed by atoms with Crippen LogP contribution >= 0.6 is 11.6 Å². The molecule has 0 aliphatic rings. The van der Waals surface area contributed by atoms with E-state index < -0.39 is 11.7 Å². The number of carbonyl (C=O) groups excluding carboxylic acids is 1. The highest BCUT2D eigenvalue weighted by molar-refractivity contribution is 6.31. The first-order valence-corrected chi connectivity index (χ1v) is 6.34. The maximum absolute atomic E-state index is 13.0. The molecule has 0 aromatic heterocycles. The third-order valence-electron chi connectivity index (χ3n) is 2.54. The Morgan fingerprint density at radius 2 is 2.14 bits per heavy atom. The van der Waals surface area contributed by atoms with Crippen molar-refractivity contribution in [1.82, 2.24) is 0 Å². The van der Waals surface area contributed by atoms with E-state index in [1.165, 1.54) is 30.3 Å². The Labute approximate surface area is 125 Å². The van der Waals surface area contributed by atoms with Crippen molar-refractivity contribution in [1.29, 1.82) is 5.26 Å². The first kappa shape index (κ1) is 14.8. The van der Waals surface area contributed by atoms with E-state index in [1.54, 1.807) is 12.1 Å². The molecule has 0 saturated carbocycles. The zero-order valence-corrected chi connectivity index (χ0v) is 11.5. The topological polar surface area (TPSA) is 62.1 Å². The number of amides is 1. The van der Waals surface area contributed by atoms with Crippen molar-refractivity contribution >= 4 is 23.2 Å². The van der Waals surface area contributed by atoms with Gasteiger partial charge in [-0.25, -0.2) is 4.39 Å². The lowest BCUT2D eigenvalue weighted by Crippen LogP contribution is -2.20. The van der Waals surface area contributed by atoms with Gasteiger partial charge in [0.15, 0.2) is 6.61 Å². The molecule has 2 aromatic carbocycles. The minimum absolute atomic E-state index is 0.250. The summed E-state index contributed by atoms with van der Waals surface area (Å²) in [7, 11) is 0. The van der Waals surface area contributed by atoms with Crippen molar-refractivity contribution in [2.24, 2.45) is 0 Å². The number of nitriles is 1. The lowest BCUT2D eigenvalue weighted by molar-refractivity contribution is -0.118. The quantitative estimate of drug-likeness (QED) is 0.942. The van der Waals surface area contributed by atoms with Gasteiger partial charge < -0.3 is 10.1 Å². The summed E-state index contributed by atoms with van der Waals surface area (Å²) in [6.07, 6.45) is 0.